The highest BCUT2D eigenvalue weighted by atomic mass is 16.5. The van der Waals surface area contributed by atoms with Gasteiger partial charge in [0.25, 0.3) is 5.91 Å². The Morgan fingerprint density at radius 2 is 1.89 bits per heavy atom. The number of nitrogens with one attached hydrogen (secondary N) is 1. The summed E-state index contributed by atoms with van der Waals surface area (Å²) in [4.78, 5) is 28.7. The fourth-order valence-corrected chi connectivity index (χ4v) is 3.23. The number of nitrogens with zero attached hydrogens (tertiary/aromatic N) is 3. The van der Waals surface area contributed by atoms with E-state index < -0.39 is 0 Å². The molecule has 3 rings (SSSR count). The van der Waals surface area contributed by atoms with Gasteiger partial charge in [-0.25, -0.2) is 0 Å². The summed E-state index contributed by atoms with van der Waals surface area (Å²) in [6.45, 7) is 7.87. The van der Waals surface area contributed by atoms with Crippen molar-refractivity contribution in [2.24, 2.45) is 0 Å². The highest BCUT2D eigenvalue weighted by Gasteiger charge is 2.22. The first-order valence-corrected chi connectivity index (χ1v) is 9.29. The smallest absolute Gasteiger partial charge is 0.251 e. The number of amides is 2. The van der Waals surface area contributed by atoms with Gasteiger partial charge in [0, 0.05) is 50.8 Å². The second kappa shape index (κ2) is 8.81. The summed E-state index contributed by atoms with van der Waals surface area (Å²) in [5.74, 6) is 0.800. The molecule has 0 aliphatic carbocycles. The number of rotatable bonds is 6. The molecule has 1 aliphatic heterocycles. The molecule has 1 aliphatic rings. The summed E-state index contributed by atoms with van der Waals surface area (Å²) in [6, 6.07) is 9.38. The number of aromatic nitrogens is 1. The van der Waals surface area contributed by atoms with Gasteiger partial charge in [0.05, 0.1) is 12.2 Å². The van der Waals surface area contributed by atoms with Gasteiger partial charge in [0.1, 0.15) is 0 Å². The summed E-state index contributed by atoms with van der Waals surface area (Å²) in [6.07, 6.45) is 0.318. The third kappa shape index (κ3) is 5.17. The second-order valence-electron chi connectivity index (χ2n) is 6.91. The minimum absolute atomic E-state index is 0.0789. The predicted molar refractivity (Wildman–Crippen MR) is 101 cm³/mol. The number of aryl methyl sites for hydroxylation is 2. The van der Waals surface area contributed by atoms with Crippen molar-refractivity contribution in [3.8, 4) is 0 Å². The molecule has 7 nitrogen and oxygen atoms in total. The molecule has 2 amide bonds. The van der Waals surface area contributed by atoms with E-state index in [4.69, 9.17) is 4.52 Å². The van der Waals surface area contributed by atoms with Gasteiger partial charge in [-0.2, -0.15) is 0 Å². The van der Waals surface area contributed by atoms with Gasteiger partial charge in [-0.1, -0.05) is 23.4 Å². The van der Waals surface area contributed by atoms with Gasteiger partial charge in [0.15, 0.2) is 5.76 Å². The third-order valence-electron chi connectivity index (χ3n) is 4.80. The van der Waals surface area contributed by atoms with Gasteiger partial charge in [-0.15, -0.1) is 0 Å². The van der Waals surface area contributed by atoms with Crippen LogP contribution in [-0.2, 0) is 11.3 Å². The van der Waals surface area contributed by atoms with Crippen LogP contribution in [0.5, 0.6) is 0 Å². The van der Waals surface area contributed by atoms with Crippen LogP contribution in [-0.4, -0.2) is 59.5 Å². The monoisotopic (exact) mass is 370 g/mol. The van der Waals surface area contributed by atoms with Gasteiger partial charge < -0.3 is 14.7 Å². The maximum atomic E-state index is 12.4. The van der Waals surface area contributed by atoms with Crippen molar-refractivity contribution < 1.29 is 14.1 Å². The van der Waals surface area contributed by atoms with Crippen LogP contribution in [0.3, 0.4) is 0 Å². The lowest BCUT2D eigenvalue weighted by atomic mass is 10.1. The third-order valence-corrected chi connectivity index (χ3v) is 4.80. The van der Waals surface area contributed by atoms with Crippen LogP contribution >= 0.6 is 0 Å². The SMILES string of the molecule is Cc1cc(CN2CCN(C(=O)CCNC(=O)c3ccccc3C)CC2)on1. The molecule has 1 aromatic heterocycles. The van der Waals surface area contributed by atoms with Crippen molar-refractivity contribution in [3.63, 3.8) is 0 Å². The van der Waals surface area contributed by atoms with Crippen LogP contribution in [0.1, 0.15) is 33.8 Å². The minimum Gasteiger partial charge on any atom is -0.360 e. The first kappa shape index (κ1) is 19.1. The molecule has 0 unspecified atom stereocenters. The van der Waals surface area contributed by atoms with Gasteiger partial charge >= 0.3 is 0 Å². The van der Waals surface area contributed by atoms with Crippen LogP contribution in [0.4, 0.5) is 0 Å². The molecule has 27 heavy (non-hydrogen) atoms. The minimum atomic E-state index is -0.131. The summed E-state index contributed by atoms with van der Waals surface area (Å²) in [7, 11) is 0. The van der Waals surface area contributed by atoms with Crippen LogP contribution in [0.15, 0.2) is 34.9 Å². The molecule has 1 fully saturated rings. The number of piperazine rings is 1. The highest BCUT2D eigenvalue weighted by Crippen LogP contribution is 2.11. The molecule has 1 saturated heterocycles. The van der Waals surface area contributed by atoms with Crippen LogP contribution in [0, 0.1) is 13.8 Å². The van der Waals surface area contributed by atoms with Crippen molar-refractivity contribution in [1.29, 1.82) is 0 Å². The fraction of sp³-hybridized carbons (Fsp3) is 0.450. The molecule has 0 spiro atoms. The van der Waals surface area contributed by atoms with E-state index in [1.165, 1.54) is 0 Å². The highest BCUT2D eigenvalue weighted by molar-refractivity contribution is 5.95. The van der Waals surface area contributed by atoms with Crippen molar-refractivity contribution in [1.82, 2.24) is 20.3 Å². The Bertz CT molecular complexity index is 794. The molecule has 0 radical (unpaired) electrons. The number of hydrogen-bond donors (Lipinski definition) is 1. The average molecular weight is 370 g/mol. The normalized spacial score (nSPS) is 15.0. The van der Waals surface area contributed by atoms with Crippen molar-refractivity contribution >= 4 is 11.8 Å². The van der Waals surface area contributed by atoms with Gasteiger partial charge in [-0.05, 0) is 25.5 Å². The molecular formula is C20H26N4O3. The molecule has 0 bridgehead atoms. The van der Waals surface area contributed by atoms with Gasteiger partial charge in [0.2, 0.25) is 5.91 Å². The Hall–Kier alpha value is -2.67. The van der Waals surface area contributed by atoms with Crippen LogP contribution in [0.25, 0.3) is 0 Å². The van der Waals surface area contributed by atoms with E-state index in [-0.39, 0.29) is 11.8 Å². The maximum Gasteiger partial charge on any atom is 0.251 e. The lowest BCUT2D eigenvalue weighted by Crippen LogP contribution is -2.48. The van der Waals surface area contributed by atoms with Crippen LogP contribution < -0.4 is 5.32 Å². The van der Waals surface area contributed by atoms with E-state index in [1.807, 2.05) is 43.0 Å². The van der Waals surface area contributed by atoms with E-state index in [2.05, 4.69) is 15.4 Å². The zero-order valence-corrected chi connectivity index (χ0v) is 15.9. The molecular weight excluding hydrogens is 344 g/mol. The molecule has 144 valence electrons. The van der Waals surface area contributed by atoms with Crippen molar-refractivity contribution in [2.75, 3.05) is 32.7 Å². The molecule has 1 aromatic carbocycles. The Kier molecular flexibility index (Phi) is 6.24. The number of carbonyl (C=O) groups is 2. The summed E-state index contributed by atoms with van der Waals surface area (Å²) >= 11 is 0. The van der Waals surface area contributed by atoms with E-state index in [0.717, 1.165) is 36.7 Å². The number of benzene rings is 1. The molecule has 2 heterocycles. The van der Waals surface area contributed by atoms with E-state index in [0.29, 0.717) is 31.6 Å². The lowest BCUT2D eigenvalue weighted by Gasteiger charge is -2.34. The first-order chi connectivity index (χ1) is 13.0. The lowest BCUT2D eigenvalue weighted by molar-refractivity contribution is -0.132. The Morgan fingerprint density at radius 3 is 2.56 bits per heavy atom. The Morgan fingerprint density at radius 1 is 1.15 bits per heavy atom. The Balaban J connectivity index is 1.38. The average Bonchev–Trinajstić information content (AvgIpc) is 3.07. The summed E-state index contributed by atoms with van der Waals surface area (Å²) in [5, 5.41) is 6.74. The molecule has 0 atom stereocenters. The number of carbonyl (C=O) groups excluding carboxylic acids is 2. The largest absolute Gasteiger partial charge is 0.360 e. The van der Waals surface area contributed by atoms with E-state index >= 15 is 0 Å². The second-order valence-corrected chi connectivity index (χ2v) is 6.91. The van der Waals surface area contributed by atoms with Crippen LogP contribution in [0.2, 0.25) is 0 Å². The van der Waals surface area contributed by atoms with Crippen molar-refractivity contribution in [3.05, 3.63) is 52.9 Å². The summed E-state index contributed by atoms with van der Waals surface area (Å²) < 4.78 is 5.25. The van der Waals surface area contributed by atoms with Crippen molar-refractivity contribution in [2.45, 2.75) is 26.8 Å². The zero-order chi connectivity index (χ0) is 19.2. The molecule has 0 saturated carbocycles. The van der Waals surface area contributed by atoms with E-state index in [9.17, 15) is 9.59 Å². The Labute approximate surface area is 159 Å². The standard InChI is InChI=1S/C20H26N4O3/c1-15-5-3-4-6-18(15)20(26)21-8-7-19(25)24-11-9-23(10-12-24)14-17-13-16(2)22-27-17/h3-6,13H,7-12,14H2,1-2H3,(H,21,26). The zero-order valence-electron chi connectivity index (χ0n) is 15.9. The van der Waals surface area contributed by atoms with Gasteiger partial charge in [-0.3, -0.25) is 14.5 Å². The maximum absolute atomic E-state index is 12.4. The van der Waals surface area contributed by atoms with E-state index in [1.54, 1.807) is 6.07 Å². The molecule has 2 aromatic rings. The quantitative estimate of drug-likeness (QED) is 0.838. The molecule has 7 heteroatoms. The topological polar surface area (TPSA) is 78.7 Å². The first-order valence-electron chi connectivity index (χ1n) is 9.29. The molecule has 1 N–H and O–H groups in total. The fourth-order valence-electron chi connectivity index (χ4n) is 3.23. The summed E-state index contributed by atoms with van der Waals surface area (Å²) in [5.41, 5.74) is 2.46. The predicted octanol–water partition coefficient (Wildman–Crippen LogP) is 1.76. The number of hydrogen-bond acceptors (Lipinski definition) is 5.